The van der Waals surface area contributed by atoms with E-state index in [2.05, 4.69) is 10.6 Å². The molecule has 20 nitrogen and oxygen atoms in total. The van der Waals surface area contributed by atoms with E-state index in [4.69, 9.17) is 29.5 Å². The molecular weight excluding hydrogens is 821 g/mol. The summed E-state index contributed by atoms with van der Waals surface area (Å²) >= 11 is 4.84. The van der Waals surface area contributed by atoms with Crippen molar-refractivity contribution in [1.82, 2.24) is 25.9 Å². The number of hydrogen-bond acceptors (Lipinski definition) is 17. The SMILES string of the molecule is CO[C@@]1(NC(=O)Cc2cccs2)C(=O)N2C(C(=O)O)=C(COC(=O)NOC(=O)C3=C(COC(N)=O)CS[C@H]4N3C(=O)[C@]4(NC(=O)Cc3cccs3)OC)CS[C@@H]21. The molecule has 0 aliphatic carbocycles. The second-order valence-corrected chi connectivity index (χ2v) is 16.3. The summed E-state index contributed by atoms with van der Waals surface area (Å²) in [5.41, 5.74) is 2.35. The van der Waals surface area contributed by atoms with Crippen molar-refractivity contribution in [3.05, 3.63) is 67.3 Å². The summed E-state index contributed by atoms with van der Waals surface area (Å²) in [7, 11) is 2.42. The predicted octanol–water partition coefficient (Wildman–Crippen LogP) is 0.215. The number of hydroxylamine groups is 1. The van der Waals surface area contributed by atoms with E-state index in [0.29, 0.717) is 0 Å². The van der Waals surface area contributed by atoms with Crippen LogP contribution in [0.4, 0.5) is 9.59 Å². The molecule has 4 aliphatic heterocycles. The Hall–Kier alpha value is -5.14. The Morgan fingerprint density at radius 2 is 1.29 bits per heavy atom. The molecule has 0 radical (unpaired) electrons. The van der Waals surface area contributed by atoms with Crippen LogP contribution in [0.2, 0.25) is 0 Å². The van der Waals surface area contributed by atoms with E-state index in [1.807, 2.05) is 0 Å². The van der Waals surface area contributed by atoms with Crippen LogP contribution in [0, 0.1) is 0 Å². The van der Waals surface area contributed by atoms with Crippen LogP contribution in [0.3, 0.4) is 0 Å². The van der Waals surface area contributed by atoms with E-state index in [1.54, 1.807) is 40.5 Å². The van der Waals surface area contributed by atoms with Gasteiger partial charge in [-0.1, -0.05) is 12.1 Å². The summed E-state index contributed by atoms with van der Waals surface area (Å²) in [6.07, 6.45) is -2.59. The van der Waals surface area contributed by atoms with Gasteiger partial charge in [-0.25, -0.2) is 19.2 Å². The van der Waals surface area contributed by atoms with E-state index in [9.17, 15) is 43.5 Å². The zero-order valence-corrected chi connectivity index (χ0v) is 32.5. The normalized spacial score (nSPS) is 23.9. The molecule has 298 valence electrons. The summed E-state index contributed by atoms with van der Waals surface area (Å²) in [6, 6.07) is 7.03. The monoisotopic (exact) mass is 852 g/mol. The Kier molecular flexibility index (Phi) is 12.0. The predicted molar refractivity (Wildman–Crippen MR) is 196 cm³/mol. The lowest BCUT2D eigenvalue weighted by molar-refractivity contribution is -0.193. The first-order chi connectivity index (χ1) is 26.8. The highest BCUT2D eigenvalue weighted by Crippen LogP contribution is 2.48. The zero-order valence-electron chi connectivity index (χ0n) is 29.2. The Balaban J connectivity index is 1.10. The first-order valence-electron chi connectivity index (χ1n) is 16.2. The van der Waals surface area contributed by atoms with Crippen molar-refractivity contribution in [2.75, 3.05) is 38.9 Å². The molecule has 2 saturated heterocycles. The number of amides is 6. The first-order valence-corrected chi connectivity index (χ1v) is 20.0. The van der Waals surface area contributed by atoms with Gasteiger partial charge in [0, 0.05) is 46.6 Å². The van der Waals surface area contributed by atoms with Gasteiger partial charge in [0.2, 0.25) is 11.8 Å². The van der Waals surface area contributed by atoms with Crippen LogP contribution in [-0.4, -0.2) is 124 Å². The van der Waals surface area contributed by atoms with Gasteiger partial charge < -0.3 is 45.3 Å². The smallest absolute Gasteiger partial charge is 0.441 e. The van der Waals surface area contributed by atoms with Crippen LogP contribution in [0.5, 0.6) is 0 Å². The summed E-state index contributed by atoms with van der Waals surface area (Å²) in [5, 5.41) is 16.9. The number of thiophene rings is 2. The third kappa shape index (κ3) is 7.54. The fraction of sp³-hybridized carbons (Fsp3) is 0.375. The van der Waals surface area contributed by atoms with E-state index < -0.39 is 94.6 Å². The third-order valence-electron chi connectivity index (χ3n) is 8.73. The first kappa shape index (κ1) is 40.5. The van der Waals surface area contributed by atoms with Gasteiger partial charge in [0.25, 0.3) is 23.3 Å². The number of nitrogens with one attached hydrogen (secondary N) is 3. The van der Waals surface area contributed by atoms with Crippen LogP contribution >= 0.6 is 46.2 Å². The molecule has 2 fully saturated rings. The molecule has 6 N–H and O–H groups in total. The maximum atomic E-state index is 13.6. The van der Waals surface area contributed by atoms with Crippen molar-refractivity contribution < 1.29 is 67.2 Å². The number of rotatable bonds is 14. The van der Waals surface area contributed by atoms with Crippen molar-refractivity contribution in [3.63, 3.8) is 0 Å². The lowest BCUT2D eigenvalue weighted by Gasteiger charge is -2.55. The number of carboxylic acids is 1. The Morgan fingerprint density at radius 3 is 1.73 bits per heavy atom. The standard InChI is InChI=1S/C32H32N6O14S4/c1-48-31(34-19(39)9-17-5-3-7-53-17)25(44)37-21(23(41)42)15(13-55-27(31)37)12-51-30(47)36-52-24(43)22-16(11-50-29(33)46)14-56-28-32(49-2,26(45)38(22)28)35-20(40)10-18-6-4-8-54-18/h3-8,27-28H,9-14H2,1-2H3,(H2,33,46)(H,34,39)(H,35,40)(H,36,47)(H,41,42)/t27-,28-,31+,32+/m1/s1. The highest BCUT2D eigenvalue weighted by molar-refractivity contribution is 8.00. The Bertz CT molecular complexity index is 2020. The molecule has 2 aromatic heterocycles. The Labute approximate surface area is 332 Å². The lowest BCUT2D eigenvalue weighted by atomic mass is 9.98. The third-order valence-corrected chi connectivity index (χ3v) is 13.2. The molecule has 56 heavy (non-hydrogen) atoms. The largest absolute Gasteiger partial charge is 0.477 e. The van der Waals surface area contributed by atoms with Gasteiger partial charge in [0.15, 0.2) is 0 Å². The van der Waals surface area contributed by atoms with Gasteiger partial charge >= 0.3 is 24.1 Å². The van der Waals surface area contributed by atoms with Gasteiger partial charge in [-0.3, -0.25) is 29.0 Å². The number of carbonyl (C=O) groups is 8. The van der Waals surface area contributed by atoms with E-state index in [-0.39, 0.29) is 35.5 Å². The molecule has 6 amide bonds. The molecule has 0 aromatic carbocycles. The molecule has 2 aromatic rings. The summed E-state index contributed by atoms with van der Waals surface area (Å²) < 4.78 is 20.9. The maximum Gasteiger partial charge on any atom is 0.441 e. The van der Waals surface area contributed by atoms with Crippen LogP contribution in [0.15, 0.2) is 57.6 Å². The summed E-state index contributed by atoms with van der Waals surface area (Å²) in [4.78, 5) is 111. The molecule has 0 saturated carbocycles. The lowest BCUT2D eigenvalue weighted by Crippen LogP contribution is -2.80. The second kappa shape index (κ2) is 16.5. The number of nitrogens with two attached hydrogens (primary N) is 1. The zero-order chi connectivity index (χ0) is 40.4. The molecule has 4 atom stereocenters. The number of carbonyl (C=O) groups excluding carboxylic acids is 7. The van der Waals surface area contributed by atoms with Crippen molar-refractivity contribution in [1.29, 1.82) is 0 Å². The number of carboxylic acid groups (broad SMARTS) is 1. The number of nitrogens with zero attached hydrogens (tertiary/aromatic N) is 2. The van der Waals surface area contributed by atoms with Gasteiger partial charge in [-0.15, -0.1) is 51.7 Å². The fourth-order valence-corrected chi connectivity index (χ4v) is 10.5. The van der Waals surface area contributed by atoms with E-state index in [0.717, 1.165) is 43.1 Å². The van der Waals surface area contributed by atoms with Crippen molar-refractivity contribution >= 4 is 94.0 Å². The number of primary amides is 1. The average molecular weight is 853 g/mol. The van der Waals surface area contributed by atoms with Crippen LogP contribution in [-0.2, 0) is 65.4 Å². The quantitative estimate of drug-likeness (QED) is 0.0736. The van der Waals surface area contributed by atoms with Crippen molar-refractivity contribution in [2.24, 2.45) is 5.73 Å². The minimum atomic E-state index is -1.87. The molecular formula is C32H32N6O14S4. The van der Waals surface area contributed by atoms with Gasteiger partial charge in [-0.05, 0) is 22.9 Å². The van der Waals surface area contributed by atoms with E-state index in [1.165, 1.54) is 36.9 Å². The molecule has 6 rings (SSSR count). The molecule has 6 heterocycles. The van der Waals surface area contributed by atoms with Crippen LogP contribution < -0.4 is 21.8 Å². The number of methoxy groups -OCH3 is 2. The second-order valence-electron chi connectivity index (χ2n) is 12.1. The van der Waals surface area contributed by atoms with E-state index >= 15 is 0 Å². The molecule has 0 unspecified atom stereocenters. The van der Waals surface area contributed by atoms with Crippen molar-refractivity contribution in [2.45, 2.75) is 35.0 Å². The Morgan fingerprint density at radius 1 is 0.804 bits per heavy atom. The molecule has 24 heteroatoms. The minimum absolute atomic E-state index is 0.00661. The van der Waals surface area contributed by atoms with Crippen LogP contribution in [0.1, 0.15) is 9.75 Å². The topological polar surface area (TPSA) is 272 Å². The number of ether oxygens (including phenoxy) is 4. The number of thioether (sulfide) groups is 2. The molecule has 0 bridgehead atoms. The minimum Gasteiger partial charge on any atom is -0.477 e. The molecule has 4 aliphatic rings. The number of fused-ring (bicyclic) bond motifs is 2. The van der Waals surface area contributed by atoms with Gasteiger partial charge in [0.1, 0.15) is 35.4 Å². The molecule has 0 spiro atoms. The highest BCUT2D eigenvalue weighted by Gasteiger charge is 2.68. The van der Waals surface area contributed by atoms with Gasteiger partial charge in [0.05, 0.1) is 12.8 Å². The maximum absolute atomic E-state index is 13.6. The summed E-state index contributed by atoms with van der Waals surface area (Å²) in [6.45, 7) is -1.19. The van der Waals surface area contributed by atoms with Crippen molar-refractivity contribution in [3.8, 4) is 0 Å². The number of aliphatic carboxylic acids is 1. The van der Waals surface area contributed by atoms with Crippen LogP contribution in [0.25, 0.3) is 0 Å². The average Bonchev–Trinajstić information content (AvgIpc) is 3.90. The van der Waals surface area contributed by atoms with Gasteiger partial charge in [-0.2, -0.15) is 0 Å². The highest BCUT2D eigenvalue weighted by atomic mass is 32.2. The fourth-order valence-electron chi connectivity index (χ4n) is 6.22. The summed E-state index contributed by atoms with van der Waals surface area (Å²) in [5.74, 6) is -5.63. The number of β-lactam (4-membered cyclic amide) rings is 2. The number of hydrogen-bond donors (Lipinski definition) is 5.